The monoisotopic (exact) mass is 186 g/mol. The largest absolute Gasteiger partial charge is 0.115 e. The molecule has 0 N–H and O–H groups in total. The fraction of sp³-hybridized carbons (Fsp3) is 1.00. The Morgan fingerprint density at radius 1 is 0.917 bits per heavy atom. The highest BCUT2D eigenvalue weighted by molar-refractivity contribution is 7.40. The van der Waals surface area contributed by atoms with Crippen molar-refractivity contribution in [3.63, 3.8) is 0 Å². The van der Waals surface area contributed by atoms with Gasteiger partial charge in [0.25, 0.3) is 0 Å². The van der Waals surface area contributed by atoms with E-state index in [-0.39, 0.29) is 8.41 Å². The fourth-order valence-corrected chi connectivity index (χ4v) is 3.84. The zero-order chi connectivity index (χ0) is 8.43. The summed E-state index contributed by atoms with van der Waals surface area (Å²) in [6.45, 7) is 9.50. The second kappa shape index (κ2) is 5.27. The highest BCUT2D eigenvalue weighted by atomic mass is 31.1. The molecular weight excluding hydrogens is 162 g/mol. The van der Waals surface area contributed by atoms with E-state index in [1.165, 1.54) is 21.4 Å². The first-order chi connectivity index (χ1) is 5.11. The van der Waals surface area contributed by atoms with E-state index in [1.807, 2.05) is 0 Å². The minimum Gasteiger partial charge on any atom is -0.115 e. The van der Waals surface area contributed by atoms with Gasteiger partial charge < -0.3 is 0 Å². The van der Waals surface area contributed by atoms with Gasteiger partial charge in [0.15, 0.2) is 0 Å². The summed E-state index contributed by atoms with van der Waals surface area (Å²) in [5.41, 5.74) is 2.12. The van der Waals surface area contributed by atoms with Gasteiger partial charge >= 0.3 is 0 Å². The predicted molar refractivity (Wildman–Crippen MR) is 64.7 cm³/mol. The third kappa shape index (κ3) is 3.09. The van der Waals surface area contributed by atoms with Crippen molar-refractivity contribution < 1.29 is 0 Å². The molecule has 0 aromatic carbocycles. The Bertz CT molecular complexity index is 109. The zero-order valence-corrected chi connectivity index (χ0v) is 9.22. The van der Waals surface area contributed by atoms with Crippen molar-refractivity contribution in [2.75, 3.05) is 0 Å². The summed E-state index contributed by atoms with van der Waals surface area (Å²) < 4.78 is 0. The van der Waals surface area contributed by atoms with Crippen molar-refractivity contribution in [1.29, 1.82) is 0 Å². The van der Waals surface area contributed by atoms with Crippen LogP contribution in [0.1, 0.15) is 40.5 Å². The maximum atomic E-state index is 2.38. The third-order valence-corrected chi connectivity index (χ3v) is 5.59. The Hall–Kier alpha value is 0.495. The van der Waals surface area contributed by atoms with Crippen molar-refractivity contribution in [3.8, 4) is 0 Å². The van der Waals surface area contributed by atoms with E-state index in [0.29, 0.717) is 0 Å². The van der Waals surface area contributed by atoms with Gasteiger partial charge in [-0.25, -0.2) is 0 Å². The van der Waals surface area contributed by atoms with Gasteiger partial charge in [0, 0.05) is 0 Å². The molecule has 2 heteroatoms. The zero-order valence-electron chi connectivity index (χ0n) is 8.22. The van der Waals surface area contributed by atoms with Crippen LogP contribution in [0.4, 0.5) is 0 Å². The van der Waals surface area contributed by atoms with Crippen LogP contribution in [0.25, 0.3) is 0 Å². The highest BCUT2D eigenvalue weighted by Gasteiger charge is 2.27. The lowest BCUT2D eigenvalue weighted by Gasteiger charge is -2.17. The normalized spacial score (nSPS) is 29.5. The van der Waals surface area contributed by atoms with Gasteiger partial charge in [-0.1, -0.05) is 27.7 Å². The van der Waals surface area contributed by atoms with E-state index < -0.39 is 0 Å². The van der Waals surface area contributed by atoms with Crippen LogP contribution in [-0.4, -0.2) is 19.7 Å². The molecule has 0 aromatic rings. The van der Waals surface area contributed by atoms with Gasteiger partial charge in [0.1, 0.15) is 0 Å². The van der Waals surface area contributed by atoms with Crippen molar-refractivity contribution in [2.24, 2.45) is 11.8 Å². The molecule has 0 spiro atoms. The Morgan fingerprint density at radius 2 is 1.25 bits per heavy atom. The summed E-state index contributed by atoms with van der Waals surface area (Å²) in [5, 5.41) is 0. The summed E-state index contributed by atoms with van der Waals surface area (Å²) in [6, 6.07) is 0. The van der Waals surface area contributed by atoms with Crippen LogP contribution >= 0.6 is 8.58 Å². The highest BCUT2D eigenvalue weighted by Crippen LogP contribution is 2.46. The van der Waals surface area contributed by atoms with E-state index in [0.717, 1.165) is 23.2 Å². The SMILES string of the molecule is B.CC(C)[C@H]1CC[C@H](C(C)C)P1. The smallest absolute Gasteiger partial charge is 0.0814 e. The first kappa shape index (κ1) is 12.5. The molecule has 72 valence electrons. The summed E-state index contributed by atoms with van der Waals surface area (Å²) in [5.74, 6) is 1.86. The second-order valence-corrected chi connectivity index (χ2v) is 6.26. The molecule has 0 amide bonds. The molecule has 1 fully saturated rings. The predicted octanol–water partition coefficient (Wildman–Crippen LogP) is 2.32. The molecule has 0 aliphatic carbocycles. The van der Waals surface area contributed by atoms with Crippen LogP contribution in [0.5, 0.6) is 0 Å². The molecule has 1 rings (SSSR count). The average molecular weight is 186 g/mol. The lowest BCUT2D eigenvalue weighted by molar-refractivity contribution is 0.543. The molecule has 0 bridgehead atoms. The molecular formula is C10H24BP. The molecule has 0 saturated carbocycles. The van der Waals surface area contributed by atoms with E-state index in [2.05, 4.69) is 27.7 Å². The first-order valence-corrected chi connectivity index (χ1v) is 6.02. The fourth-order valence-electron chi connectivity index (χ4n) is 1.85. The van der Waals surface area contributed by atoms with Crippen molar-refractivity contribution >= 4 is 17.0 Å². The van der Waals surface area contributed by atoms with Crippen LogP contribution in [0.15, 0.2) is 0 Å². The van der Waals surface area contributed by atoms with E-state index in [4.69, 9.17) is 0 Å². The second-order valence-electron chi connectivity index (χ2n) is 4.45. The Morgan fingerprint density at radius 3 is 1.42 bits per heavy atom. The van der Waals surface area contributed by atoms with Gasteiger partial charge in [-0.15, -0.1) is 8.58 Å². The van der Waals surface area contributed by atoms with Crippen molar-refractivity contribution in [3.05, 3.63) is 0 Å². The van der Waals surface area contributed by atoms with Crippen LogP contribution < -0.4 is 0 Å². The lowest BCUT2D eigenvalue weighted by atomic mass is 10.0. The van der Waals surface area contributed by atoms with Gasteiger partial charge in [-0.05, 0) is 36.0 Å². The molecule has 1 aliphatic rings. The Labute approximate surface area is 81.3 Å². The summed E-state index contributed by atoms with van der Waals surface area (Å²) in [7, 11) is 1.25. The van der Waals surface area contributed by atoms with Crippen molar-refractivity contribution in [1.82, 2.24) is 0 Å². The van der Waals surface area contributed by atoms with Crippen LogP contribution in [0, 0.1) is 11.8 Å². The summed E-state index contributed by atoms with van der Waals surface area (Å²) in [6.07, 6.45) is 3.00. The van der Waals surface area contributed by atoms with Gasteiger partial charge in [-0.2, -0.15) is 0 Å². The topological polar surface area (TPSA) is 0 Å². The standard InChI is InChI=1S/C10H21P.BH3/c1-7(2)9-5-6-10(11-9)8(3)4;/h7-11H,5-6H2,1-4H3;1H3/t9-,10-;/m1./s1. The quantitative estimate of drug-likeness (QED) is 0.458. The Kier molecular flexibility index (Phi) is 5.49. The van der Waals surface area contributed by atoms with E-state index in [9.17, 15) is 0 Å². The minimum absolute atomic E-state index is 0. The van der Waals surface area contributed by atoms with Gasteiger partial charge in [-0.3, -0.25) is 0 Å². The molecule has 0 unspecified atom stereocenters. The average Bonchev–Trinajstić information content (AvgIpc) is 2.33. The van der Waals surface area contributed by atoms with Crippen LogP contribution in [-0.2, 0) is 0 Å². The molecule has 12 heavy (non-hydrogen) atoms. The molecule has 1 heterocycles. The Balaban J connectivity index is 0.00000121. The molecule has 0 nitrogen and oxygen atoms in total. The number of rotatable bonds is 2. The molecule has 2 atom stereocenters. The summed E-state index contributed by atoms with van der Waals surface area (Å²) >= 11 is 0. The first-order valence-electron chi connectivity index (χ1n) is 4.87. The minimum atomic E-state index is 0. The molecule has 1 aliphatic heterocycles. The number of hydrogen-bond donors (Lipinski definition) is 0. The van der Waals surface area contributed by atoms with Crippen molar-refractivity contribution in [2.45, 2.75) is 51.9 Å². The summed E-state index contributed by atoms with van der Waals surface area (Å²) in [4.78, 5) is 0. The third-order valence-electron chi connectivity index (χ3n) is 2.83. The van der Waals surface area contributed by atoms with E-state index in [1.54, 1.807) is 0 Å². The molecule has 0 aromatic heterocycles. The molecule has 0 radical (unpaired) electrons. The van der Waals surface area contributed by atoms with Crippen LogP contribution in [0.3, 0.4) is 0 Å². The van der Waals surface area contributed by atoms with Crippen LogP contribution in [0.2, 0.25) is 0 Å². The maximum Gasteiger partial charge on any atom is 0.0814 e. The van der Waals surface area contributed by atoms with E-state index >= 15 is 0 Å². The maximum absolute atomic E-state index is 2.38. The lowest BCUT2D eigenvalue weighted by Crippen LogP contribution is -2.06. The van der Waals surface area contributed by atoms with Gasteiger partial charge in [0.2, 0.25) is 0 Å². The number of hydrogen-bond acceptors (Lipinski definition) is 0. The van der Waals surface area contributed by atoms with Gasteiger partial charge in [0.05, 0.1) is 8.41 Å². The molecule has 1 saturated heterocycles.